The fourth-order valence-electron chi connectivity index (χ4n) is 9.34. The first-order chi connectivity index (χ1) is 15.9. The number of hydrogen-bond acceptors (Lipinski definition) is 6. The van der Waals surface area contributed by atoms with Crippen molar-refractivity contribution in [3.63, 3.8) is 0 Å². The molecule has 196 valence electrons. The Bertz CT molecular complexity index is 757. The summed E-state index contributed by atoms with van der Waals surface area (Å²) in [5.74, 6) is 1.13. The zero-order valence-corrected chi connectivity index (χ0v) is 21.7. The molecule has 5 N–H and O–H groups in total. The van der Waals surface area contributed by atoms with Crippen LogP contribution in [-0.2, 0) is 4.79 Å². The van der Waals surface area contributed by atoms with Crippen molar-refractivity contribution in [3.05, 3.63) is 0 Å². The summed E-state index contributed by atoms with van der Waals surface area (Å²) in [6, 6.07) is 0. The van der Waals surface area contributed by atoms with Gasteiger partial charge < -0.3 is 25.5 Å². The molecule has 14 atom stereocenters. The molecule has 0 heterocycles. The van der Waals surface area contributed by atoms with Gasteiger partial charge in [-0.15, -0.1) is 0 Å². The lowest BCUT2D eigenvalue weighted by Crippen LogP contribution is -2.59. The summed E-state index contributed by atoms with van der Waals surface area (Å²) in [5, 5.41) is 52.3. The van der Waals surface area contributed by atoms with Gasteiger partial charge in [-0.05, 0) is 90.8 Å². The second kappa shape index (κ2) is 9.41. The standard InChI is InChI=1S/C28H48O6/c1-14(13-29)15(2)25(33)26(34)16(3)18-6-7-19-17-10-22(30)21-11-23(31)24(32)12-28(21,5)20(17)8-9-27(18,19)4/h14-21,23-26,29,31-34H,6-13H2,1-5H3. The van der Waals surface area contributed by atoms with Crippen molar-refractivity contribution in [2.24, 2.45) is 58.2 Å². The molecule has 34 heavy (non-hydrogen) atoms. The molecule has 4 aliphatic rings. The quantitative estimate of drug-likeness (QED) is 0.399. The van der Waals surface area contributed by atoms with E-state index in [4.69, 9.17) is 0 Å². The summed E-state index contributed by atoms with van der Waals surface area (Å²) in [6.45, 7) is 10.4. The largest absolute Gasteiger partial charge is 0.396 e. The van der Waals surface area contributed by atoms with Crippen LogP contribution in [0.1, 0.15) is 79.6 Å². The Balaban J connectivity index is 1.54. The van der Waals surface area contributed by atoms with Crippen LogP contribution in [0, 0.1) is 58.2 Å². The Hall–Kier alpha value is -0.530. The van der Waals surface area contributed by atoms with E-state index in [2.05, 4.69) is 20.8 Å². The molecule has 4 fully saturated rings. The summed E-state index contributed by atoms with van der Waals surface area (Å²) < 4.78 is 0. The third-order valence-electron chi connectivity index (χ3n) is 11.8. The second-order valence-corrected chi connectivity index (χ2v) is 13.3. The molecular weight excluding hydrogens is 432 g/mol. The van der Waals surface area contributed by atoms with Crippen LogP contribution in [0.5, 0.6) is 0 Å². The Morgan fingerprint density at radius 2 is 1.59 bits per heavy atom. The zero-order chi connectivity index (χ0) is 25.2. The summed E-state index contributed by atoms with van der Waals surface area (Å²) in [4.78, 5) is 13.3. The molecule has 14 unspecified atom stereocenters. The van der Waals surface area contributed by atoms with E-state index in [-0.39, 0.29) is 52.8 Å². The average Bonchev–Trinajstić information content (AvgIpc) is 3.15. The van der Waals surface area contributed by atoms with Gasteiger partial charge in [0.25, 0.3) is 0 Å². The molecule has 0 aromatic carbocycles. The Morgan fingerprint density at radius 3 is 2.24 bits per heavy atom. The minimum absolute atomic E-state index is 0.00880. The highest BCUT2D eigenvalue weighted by atomic mass is 16.3. The van der Waals surface area contributed by atoms with Crippen LogP contribution in [0.15, 0.2) is 0 Å². The Morgan fingerprint density at radius 1 is 0.941 bits per heavy atom. The van der Waals surface area contributed by atoms with Crippen LogP contribution in [0.4, 0.5) is 0 Å². The first-order valence-corrected chi connectivity index (χ1v) is 13.7. The number of aliphatic hydroxyl groups excluding tert-OH is 5. The van der Waals surface area contributed by atoms with Crippen LogP contribution in [0.3, 0.4) is 0 Å². The van der Waals surface area contributed by atoms with Crippen molar-refractivity contribution in [3.8, 4) is 0 Å². The van der Waals surface area contributed by atoms with Crippen LogP contribution in [0.25, 0.3) is 0 Å². The minimum Gasteiger partial charge on any atom is -0.396 e. The maximum atomic E-state index is 13.3. The van der Waals surface area contributed by atoms with Gasteiger partial charge in [0.05, 0.1) is 24.4 Å². The van der Waals surface area contributed by atoms with Crippen molar-refractivity contribution >= 4 is 5.78 Å². The van der Waals surface area contributed by atoms with Gasteiger partial charge in [0.1, 0.15) is 5.78 Å². The van der Waals surface area contributed by atoms with Gasteiger partial charge in [0, 0.05) is 18.9 Å². The number of Topliss-reactive ketones (excluding diaryl/α,β-unsaturated/α-hetero) is 1. The minimum atomic E-state index is -0.873. The predicted octanol–water partition coefficient (Wildman–Crippen LogP) is 2.78. The molecule has 4 rings (SSSR count). The van der Waals surface area contributed by atoms with E-state index in [0.717, 1.165) is 25.7 Å². The van der Waals surface area contributed by atoms with E-state index in [9.17, 15) is 30.3 Å². The highest BCUT2D eigenvalue weighted by Crippen LogP contribution is 2.67. The van der Waals surface area contributed by atoms with Gasteiger partial charge in [-0.2, -0.15) is 0 Å². The van der Waals surface area contributed by atoms with Gasteiger partial charge >= 0.3 is 0 Å². The highest BCUT2D eigenvalue weighted by molar-refractivity contribution is 5.83. The number of hydrogen-bond donors (Lipinski definition) is 5. The molecule has 0 spiro atoms. The molecule has 0 aromatic rings. The van der Waals surface area contributed by atoms with E-state index in [1.165, 1.54) is 0 Å². The van der Waals surface area contributed by atoms with Crippen molar-refractivity contribution < 1.29 is 30.3 Å². The lowest BCUT2D eigenvalue weighted by molar-refractivity contribution is -0.175. The Kier molecular flexibility index (Phi) is 7.34. The molecule has 0 amide bonds. The number of carbonyl (C=O) groups excluding carboxylic acids is 1. The van der Waals surface area contributed by atoms with E-state index in [1.807, 2.05) is 13.8 Å². The van der Waals surface area contributed by atoms with Crippen LogP contribution < -0.4 is 0 Å². The van der Waals surface area contributed by atoms with Gasteiger partial charge in [0.15, 0.2) is 0 Å². The number of ketones is 1. The van der Waals surface area contributed by atoms with E-state index in [1.54, 1.807) is 0 Å². The summed E-state index contributed by atoms with van der Waals surface area (Å²) in [5.41, 5.74) is -0.237. The lowest BCUT2D eigenvalue weighted by Gasteiger charge is -2.61. The first-order valence-electron chi connectivity index (χ1n) is 13.7. The van der Waals surface area contributed by atoms with Crippen molar-refractivity contribution in [2.45, 2.75) is 104 Å². The number of fused-ring (bicyclic) bond motifs is 5. The number of aliphatic hydroxyl groups is 5. The normalized spacial score (nSPS) is 48.8. The number of carbonyl (C=O) groups is 1. The van der Waals surface area contributed by atoms with Crippen molar-refractivity contribution in [1.82, 2.24) is 0 Å². The number of rotatable bonds is 6. The summed E-state index contributed by atoms with van der Waals surface area (Å²) >= 11 is 0. The van der Waals surface area contributed by atoms with Crippen molar-refractivity contribution in [1.29, 1.82) is 0 Å². The average molecular weight is 481 g/mol. The molecule has 4 saturated carbocycles. The second-order valence-electron chi connectivity index (χ2n) is 13.3. The molecule has 0 saturated heterocycles. The summed E-state index contributed by atoms with van der Waals surface area (Å²) in [7, 11) is 0. The van der Waals surface area contributed by atoms with E-state index < -0.39 is 24.4 Å². The fourth-order valence-corrected chi connectivity index (χ4v) is 9.34. The van der Waals surface area contributed by atoms with Gasteiger partial charge in [-0.3, -0.25) is 4.79 Å². The summed E-state index contributed by atoms with van der Waals surface area (Å²) in [6.07, 6.45) is 2.28. The third kappa shape index (κ3) is 4.00. The van der Waals surface area contributed by atoms with Gasteiger partial charge in [-0.25, -0.2) is 0 Å². The van der Waals surface area contributed by atoms with Crippen LogP contribution in [0.2, 0.25) is 0 Å². The first kappa shape index (κ1) is 26.5. The molecule has 6 nitrogen and oxygen atoms in total. The molecule has 0 radical (unpaired) electrons. The van der Waals surface area contributed by atoms with E-state index in [0.29, 0.717) is 37.0 Å². The van der Waals surface area contributed by atoms with Gasteiger partial charge in [-0.1, -0.05) is 34.6 Å². The SMILES string of the molecule is CC(CO)C(C)C(O)C(O)C(C)C1CCC2C3CC(=O)C4CC(O)C(O)CC4(C)C3CCC12C. The monoisotopic (exact) mass is 480 g/mol. The third-order valence-corrected chi connectivity index (χ3v) is 11.8. The molecule has 0 aromatic heterocycles. The topological polar surface area (TPSA) is 118 Å². The Labute approximate surface area is 205 Å². The van der Waals surface area contributed by atoms with Gasteiger partial charge in [0.2, 0.25) is 0 Å². The lowest BCUT2D eigenvalue weighted by atomic mass is 9.44. The van der Waals surface area contributed by atoms with Crippen molar-refractivity contribution in [2.75, 3.05) is 6.61 Å². The van der Waals surface area contributed by atoms with E-state index >= 15 is 0 Å². The smallest absolute Gasteiger partial charge is 0.136 e. The zero-order valence-electron chi connectivity index (χ0n) is 21.7. The maximum Gasteiger partial charge on any atom is 0.136 e. The molecular formula is C28H48O6. The molecule has 6 heteroatoms. The van der Waals surface area contributed by atoms with Crippen LogP contribution >= 0.6 is 0 Å². The van der Waals surface area contributed by atoms with Crippen LogP contribution in [-0.4, -0.2) is 62.3 Å². The fraction of sp³-hybridized carbons (Fsp3) is 0.964. The highest BCUT2D eigenvalue weighted by Gasteiger charge is 2.63. The maximum absolute atomic E-state index is 13.3. The molecule has 0 bridgehead atoms. The predicted molar refractivity (Wildman–Crippen MR) is 130 cm³/mol. The molecule has 4 aliphatic carbocycles. The molecule has 0 aliphatic heterocycles.